The Hall–Kier alpha value is -1.42. The van der Waals surface area contributed by atoms with Crippen molar-refractivity contribution in [3.63, 3.8) is 0 Å². The number of likely N-dealkylation sites (tertiary alicyclic amines) is 1. The minimum absolute atomic E-state index is 0.0311. The summed E-state index contributed by atoms with van der Waals surface area (Å²) in [4.78, 5) is 13.9. The van der Waals surface area contributed by atoms with Crippen molar-refractivity contribution in [2.45, 2.75) is 25.3 Å². The highest BCUT2D eigenvalue weighted by atomic mass is 19.1. The topological polar surface area (TPSA) is 46.3 Å². The van der Waals surface area contributed by atoms with Crippen LogP contribution in [-0.4, -0.2) is 29.9 Å². The van der Waals surface area contributed by atoms with Crippen molar-refractivity contribution in [1.29, 1.82) is 0 Å². The largest absolute Gasteiger partial charge is 0.341 e. The number of benzene rings is 1. The molecule has 92 valence electrons. The van der Waals surface area contributed by atoms with Crippen LogP contribution < -0.4 is 5.73 Å². The molecule has 0 bridgehead atoms. The summed E-state index contributed by atoms with van der Waals surface area (Å²) in [5.41, 5.74) is 6.49. The van der Waals surface area contributed by atoms with Gasteiger partial charge in [-0.15, -0.1) is 0 Å². The fraction of sp³-hybridized carbons (Fsp3) is 0.462. The highest BCUT2D eigenvalue weighted by Crippen LogP contribution is 2.21. The minimum atomic E-state index is -0.309. The number of hydrogen-bond donors (Lipinski definition) is 1. The Morgan fingerprint density at radius 2 is 2.35 bits per heavy atom. The number of carbonyl (C=O) groups excluding carboxylic acids is 1. The van der Waals surface area contributed by atoms with Crippen molar-refractivity contribution in [3.05, 3.63) is 35.6 Å². The summed E-state index contributed by atoms with van der Waals surface area (Å²) in [6, 6.07) is 6.29. The number of nitrogens with two attached hydrogens (primary N) is 1. The van der Waals surface area contributed by atoms with Crippen LogP contribution >= 0.6 is 0 Å². The van der Waals surface area contributed by atoms with Gasteiger partial charge in [0.1, 0.15) is 5.82 Å². The monoisotopic (exact) mass is 236 g/mol. The second-order valence-electron chi connectivity index (χ2n) is 4.61. The second-order valence-corrected chi connectivity index (χ2v) is 4.61. The van der Waals surface area contributed by atoms with Crippen molar-refractivity contribution < 1.29 is 9.18 Å². The lowest BCUT2D eigenvalue weighted by Gasteiger charge is -2.20. The Balaban J connectivity index is 2.09. The van der Waals surface area contributed by atoms with E-state index in [-0.39, 0.29) is 23.7 Å². The number of halogens is 1. The summed E-state index contributed by atoms with van der Waals surface area (Å²) in [5.74, 6) is -0.583. The molecule has 1 heterocycles. The van der Waals surface area contributed by atoms with Crippen molar-refractivity contribution in [2.75, 3.05) is 13.1 Å². The molecule has 1 aliphatic heterocycles. The Labute approximate surface area is 100 Å². The van der Waals surface area contributed by atoms with Crippen LogP contribution in [0.25, 0.3) is 0 Å². The molecule has 1 unspecified atom stereocenters. The first-order valence-electron chi connectivity index (χ1n) is 5.88. The lowest BCUT2D eigenvalue weighted by atomic mass is 10.00. The van der Waals surface area contributed by atoms with Crippen LogP contribution in [0.1, 0.15) is 24.8 Å². The number of nitrogens with zero attached hydrogens (tertiary/aromatic N) is 1. The first kappa shape index (κ1) is 12.0. The van der Waals surface area contributed by atoms with Gasteiger partial charge in [0.05, 0.1) is 5.92 Å². The second kappa shape index (κ2) is 4.84. The van der Waals surface area contributed by atoms with E-state index in [4.69, 9.17) is 5.73 Å². The van der Waals surface area contributed by atoms with Crippen molar-refractivity contribution >= 4 is 5.91 Å². The maximum atomic E-state index is 13.1. The smallest absolute Gasteiger partial charge is 0.229 e. The first-order chi connectivity index (χ1) is 8.08. The van der Waals surface area contributed by atoms with Crippen molar-refractivity contribution in [3.8, 4) is 0 Å². The molecule has 17 heavy (non-hydrogen) atoms. The molecule has 0 aliphatic carbocycles. The fourth-order valence-electron chi connectivity index (χ4n) is 2.18. The van der Waals surface area contributed by atoms with Crippen LogP contribution in [0.5, 0.6) is 0 Å². The molecule has 1 aromatic rings. The molecule has 2 rings (SSSR count). The molecule has 1 saturated heterocycles. The highest BCUT2D eigenvalue weighted by molar-refractivity contribution is 5.83. The van der Waals surface area contributed by atoms with Crippen molar-refractivity contribution in [2.24, 2.45) is 5.73 Å². The summed E-state index contributed by atoms with van der Waals surface area (Å²) < 4.78 is 13.1. The molecule has 0 saturated carbocycles. The molecule has 0 radical (unpaired) electrons. The van der Waals surface area contributed by atoms with Gasteiger partial charge in [0.15, 0.2) is 0 Å². The van der Waals surface area contributed by atoms with Gasteiger partial charge in [0, 0.05) is 19.1 Å². The number of amides is 1. The van der Waals surface area contributed by atoms with E-state index in [0.717, 1.165) is 12.0 Å². The van der Waals surface area contributed by atoms with Gasteiger partial charge >= 0.3 is 0 Å². The summed E-state index contributed by atoms with van der Waals surface area (Å²) in [5, 5.41) is 0. The molecular weight excluding hydrogens is 219 g/mol. The zero-order chi connectivity index (χ0) is 12.4. The Morgan fingerprint density at radius 1 is 1.59 bits per heavy atom. The van der Waals surface area contributed by atoms with E-state index in [9.17, 15) is 9.18 Å². The maximum Gasteiger partial charge on any atom is 0.229 e. The van der Waals surface area contributed by atoms with E-state index in [1.165, 1.54) is 12.1 Å². The van der Waals surface area contributed by atoms with Gasteiger partial charge in [-0.25, -0.2) is 4.39 Å². The molecule has 1 fully saturated rings. The van der Waals surface area contributed by atoms with Gasteiger partial charge in [-0.05, 0) is 31.0 Å². The van der Waals surface area contributed by atoms with E-state index in [1.807, 2.05) is 0 Å². The number of hydrogen-bond acceptors (Lipinski definition) is 2. The average Bonchev–Trinajstić information content (AvgIpc) is 2.74. The SMILES string of the molecule is CC(C(=O)N1CC[C@@H](N)C1)c1cccc(F)c1. The van der Waals surface area contributed by atoms with Gasteiger partial charge < -0.3 is 10.6 Å². The zero-order valence-corrected chi connectivity index (χ0v) is 9.90. The van der Waals surface area contributed by atoms with Gasteiger partial charge in [-0.1, -0.05) is 12.1 Å². The summed E-state index contributed by atoms with van der Waals surface area (Å²) in [7, 11) is 0. The number of rotatable bonds is 2. The molecule has 1 aromatic carbocycles. The van der Waals surface area contributed by atoms with E-state index in [0.29, 0.717) is 13.1 Å². The minimum Gasteiger partial charge on any atom is -0.341 e. The molecule has 1 aliphatic rings. The van der Waals surface area contributed by atoms with Gasteiger partial charge in [-0.3, -0.25) is 4.79 Å². The third-order valence-corrected chi connectivity index (χ3v) is 3.26. The van der Waals surface area contributed by atoms with Gasteiger partial charge in [0.25, 0.3) is 0 Å². The fourth-order valence-corrected chi connectivity index (χ4v) is 2.18. The molecular formula is C13H17FN2O. The average molecular weight is 236 g/mol. The molecule has 1 amide bonds. The maximum absolute atomic E-state index is 13.1. The van der Waals surface area contributed by atoms with Gasteiger partial charge in [0.2, 0.25) is 5.91 Å². The van der Waals surface area contributed by atoms with E-state index >= 15 is 0 Å². The lowest BCUT2D eigenvalue weighted by molar-refractivity contribution is -0.131. The summed E-state index contributed by atoms with van der Waals surface area (Å²) in [6.45, 7) is 3.12. The van der Waals surface area contributed by atoms with Crippen LogP contribution in [0, 0.1) is 5.82 Å². The predicted octanol–water partition coefficient (Wildman–Crippen LogP) is 1.49. The zero-order valence-electron chi connectivity index (χ0n) is 9.90. The quantitative estimate of drug-likeness (QED) is 0.845. The van der Waals surface area contributed by atoms with Crippen LogP contribution in [0.4, 0.5) is 4.39 Å². The van der Waals surface area contributed by atoms with Crippen molar-refractivity contribution in [1.82, 2.24) is 4.90 Å². The van der Waals surface area contributed by atoms with E-state index < -0.39 is 0 Å². The lowest BCUT2D eigenvalue weighted by Crippen LogP contribution is -2.34. The van der Waals surface area contributed by atoms with E-state index in [1.54, 1.807) is 24.0 Å². The molecule has 2 N–H and O–H groups in total. The molecule has 0 aromatic heterocycles. The molecule has 3 nitrogen and oxygen atoms in total. The highest BCUT2D eigenvalue weighted by Gasteiger charge is 2.27. The normalized spacial score (nSPS) is 21.6. The molecule has 2 atom stereocenters. The van der Waals surface area contributed by atoms with Gasteiger partial charge in [-0.2, -0.15) is 0 Å². The Bertz CT molecular complexity index is 422. The third kappa shape index (κ3) is 2.64. The summed E-state index contributed by atoms with van der Waals surface area (Å²) >= 11 is 0. The Kier molecular flexibility index (Phi) is 3.43. The third-order valence-electron chi connectivity index (χ3n) is 3.26. The van der Waals surface area contributed by atoms with Crippen LogP contribution in [0.15, 0.2) is 24.3 Å². The summed E-state index contributed by atoms with van der Waals surface area (Å²) in [6.07, 6.45) is 0.849. The predicted molar refractivity (Wildman–Crippen MR) is 64.0 cm³/mol. The van der Waals surface area contributed by atoms with Crippen LogP contribution in [-0.2, 0) is 4.79 Å². The first-order valence-corrected chi connectivity index (χ1v) is 5.88. The number of carbonyl (C=O) groups is 1. The molecule has 4 heteroatoms. The Morgan fingerprint density at radius 3 is 2.94 bits per heavy atom. The van der Waals surface area contributed by atoms with Crippen LogP contribution in [0.2, 0.25) is 0 Å². The van der Waals surface area contributed by atoms with Crippen LogP contribution in [0.3, 0.4) is 0 Å². The van der Waals surface area contributed by atoms with E-state index in [2.05, 4.69) is 0 Å². The molecule has 0 spiro atoms. The standard InChI is InChI=1S/C13H17FN2O/c1-9(10-3-2-4-11(14)7-10)13(17)16-6-5-12(15)8-16/h2-4,7,9,12H,5-6,8,15H2,1H3/t9?,12-/m1/s1.